The third-order valence-corrected chi connectivity index (χ3v) is 4.35. The number of benzene rings is 1. The standard InChI is InChI=1S/C20H26N4O2/c1-14(2)26-18-11-7-6-10-17(18)24-20-21-12-15(13-22-20)19(25)23-16-8-4-3-5-9-16/h6-7,10-14,16H,3-5,8-9H2,1-2H3,(H,23,25)(H,21,22,24). The van der Waals surface area contributed by atoms with E-state index in [2.05, 4.69) is 20.6 Å². The predicted octanol–water partition coefficient (Wildman–Crippen LogP) is 4.07. The molecule has 2 N–H and O–H groups in total. The Morgan fingerprint density at radius 3 is 2.50 bits per heavy atom. The molecule has 3 rings (SSSR count). The van der Waals surface area contributed by atoms with Gasteiger partial charge in [0.25, 0.3) is 5.91 Å². The number of para-hydroxylation sites is 2. The minimum absolute atomic E-state index is 0.0738. The van der Waals surface area contributed by atoms with Crippen LogP contribution in [0.2, 0.25) is 0 Å². The lowest BCUT2D eigenvalue weighted by molar-refractivity contribution is 0.0927. The summed E-state index contributed by atoms with van der Waals surface area (Å²) >= 11 is 0. The van der Waals surface area contributed by atoms with Crippen LogP contribution in [0.25, 0.3) is 0 Å². The van der Waals surface area contributed by atoms with Gasteiger partial charge in [0.1, 0.15) is 5.75 Å². The lowest BCUT2D eigenvalue weighted by Gasteiger charge is -2.22. The first-order valence-electron chi connectivity index (χ1n) is 9.27. The molecule has 0 atom stereocenters. The molecule has 0 unspecified atom stereocenters. The number of rotatable bonds is 6. The molecule has 1 aliphatic carbocycles. The maximum Gasteiger partial charge on any atom is 0.254 e. The third-order valence-electron chi connectivity index (χ3n) is 4.35. The second-order valence-corrected chi connectivity index (χ2v) is 6.89. The van der Waals surface area contributed by atoms with Crippen molar-refractivity contribution in [2.24, 2.45) is 0 Å². The zero-order valence-corrected chi connectivity index (χ0v) is 15.4. The van der Waals surface area contributed by atoms with Crippen molar-refractivity contribution >= 4 is 17.5 Å². The van der Waals surface area contributed by atoms with Crippen LogP contribution in [0.3, 0.4) is 0 Å². The van der Waals surface area contributed by atoms with E-state index >= 15 is 0 Å². The predicted molar refractivity (Wildman–Crippen MR) is 102 cm³/mol. The second-order valence-electron chi connectivity index (χ2n) is 6.89. The van der Waals surface area contributed by atoms with Crippen LogP contribution in [-0.2, 0) is 0 Å². The smallest absolute Gasteiger partial charge is 0.254 e. The van der Waals surface area contributed by atoms with Crippen LogP contribution < -0.4 is 15.4 Å². The van der Waals surface area contributed by atoms with Crippen LogP contribution >= 0.6 is 0 Å². The van der Waals surface area contributed by atoms with E-state index < -0.39 is 0 Å². The van der Waals surface area contributed by atoms with Crippen molar-refractivity contribution in [1.82, 2.24) is 15.3 Å². The number of ether oxygens (including phenoxy) is 1. The summed E-state index contributed by atoms with van der Waals surface area (Å²) < 4.78 is 5.78. The molecule has 1 amide bonds. The first-order valence-corrected chi connectivity index (χ1v) is 9.27. The molecular weight excluding hydrogens is 328 g/mol. The summed E-state index contributed by atoms with van der Waals surface area (Å²) in [4.78, 5) is 20.9. The van der Waals surface area contributed by atoms with Gasteiger partial charge in [-0.3, -0.25) is 4.79 Å². The average Bonchev–Trinajstić information content (AvgIpc) is 2.64. The van der Waals surface area contributed by atoms with E-state index in [1.807, 2.05) is 38.1 Å². The molecule has 26 heavy (non-hydrogen) atoms. The van der Waals surface area contributed by atoms with Crippen molar-refractivity contribution in [3.8, 4) is 5.75 Å². The highest BCUT2D eigenvalue weighted by atomic mass is 16.5. The molecule has 1 aromatic heterocycles. The largest absolute Gasteiger partial charge is 0.489 e. The highest BCUT2D eigenvalue weighted by molar-refractivity contribution is 5.93. The summed E-state index contributed by atoms with van der Waals surface area (Å²) in [5.74, 6) is 1.07. The Morgan fingerprint density at radius 2 is 1.81 bits per heavy atom. The fourth-order valence-corrected chi connectivity index (χ4v) is 3.07. The molecule has 1 aromatic carbocycles. The summed E-state index contributed by atoms with van der Waals surface area (Å²) in [7, 11) is 0. The topological polar surface area (TPSA) is 76.1 Å². The molecule has 2 aromatic rings. The Balaban J connectivity index is 1.63. The first kappa shape index (κ1) is 18.2. The van der Waals surface area contributed by atoms with Crippen LogP contribution in [0, 0.1) is 0 Å². The van der Waals surface area contributed by atoms with E-state index in [0.717, 1.165) is 24.3 Å². The Morgan fingerprint density at radius 1 is 1.12 bits per heavy atom. The zero-order chi connectivity index (χ0) is 18.4. The normalized spacial score (nSPS) is 14.9. The van der Waals surface area contributed by atoms with Gasteiger partial charge < -0.3 is 15.4 Å². The summed E-state index contributed by atoms with van der Waals surface area (Å²) in [6.07, 6.45) is 8.92. The highest BCUT2D eigenvalue weighted by Gasteiger charge is 2.17. The molecule has 0 aliphatic heterocycles. The van der Waals surface area contributed by atoms with Crippen LogP contribution in [0.5, 0.6) is 5.75 Å². The lowest BCUT2D eigenvalue weighted by atomic mass is 9.95. The Bertz CT molecular complexity index is 725. The van der Waals surface area contributed by atoms with E-state index in [-0.39, 0.29) is 18.1 Å². The van der Waals surface area contributed by atoms with Gasteiger partial charge in [-0.2, -0.15) is 0 Å². The maximum absolute atomic E-state index is 12.3. The van der Waals surface area contributed by atoms with Crippen molar-refractivity contribution in [1.29, 1.82) is 0 Å². The van der Waals surface area contributed by atoms with Gasteiger partial charge in [0.2, 0.25) is 5.95 Å². The number of carbonyl (C=O) groups is 1. The molecule has 1 fully saturated rings. The van der Waals surface area contributed by atoms with Gasteiger partial charge in [0.15, 0.2) is 0 Å². The summed E-state index contributed by atoms with van der Waals surface area (Å²) in [6.45, 7) is 3.96. The number of amides is 1. The van der Waals surface area contributed by atoms with E-state index in [1.165, 1.54) is 19.3 Å². The van der Waals surface area contributed by atoms with Gasteiger partial charge >= 0.3 is 0 Å². The molecule has 6 heteroatoms. The van der Waals surface area contributed by atoms with Gasteiger partial charge in [-0.25, -0.2) is 9.97 Å². The van der Waals surface area contributed by atoms with Gasteiger partial charge in [-0.15, -0.1) is 0 Å². The minimum atomic E-state index is -0.105. The monoisotopic (exact) mass is 354 g/mol. The Labute approximate surface area is 154 Å². The Hall–Kier alpha value is -2.63. The SMILES string of the molecule is CC(C)Oc1ccccc1Nc1ncc(C(=O)NC2CCCCC2)cn1. The zero-order valence-electron chi connectivity index (χ0n) is 15.4. The molecule has 0 saturated heterocycles. The van der Waals surface area contributed by atoms with Crippen molar-refractivity contribution < 1.29 is 9.53 Å². The number of nitrogens with one attached hydrogen (secondary N) is 2. The van der Waals surface area contributed by atoms with E-state index in [4.69, 9.17) is 4.74 Å². The fraction of sp³-hybridized carbons (Fsp3) is 0.450. The van der Waals surface area contributed by atoms with Gasteiger partial charge in [0.05, 0.1) is 17.4 Å². The number of nitrogens with zero attached hydrogens (tertiary/aromatic N) is 2. The first-order chi connectivity index (χ1) is 12.6. The van der Waals surface area contributed by atoms with E-state index in [1.54, 1.807) is 12.4 Å². The highest BCUT2D eigenvalue weighted by Crippen LogP contribution is 2.27. The molecule has 1 aliphatic rings. The van der Waals surface area contributed by atoms with Crippen LogP contribution in [0.15, 0.2) is 36.7 Å². The number of hydrogen-bond acceptors (Lipinski definition) is 5. The molecule has 1 saturated carbocycles. The molecule has 138 valence electrons. The van der Waals surface area contributed by atoms with Crippen molar-refractivity contribution in [2.45, 2.75) is 58.1 Å². The van der Waals surface area contributed by atoms with Crippen molar-refractivity contribution in [2.75, 3.05) is 5.32 Å². The lowest BCUT2D eigenvalue weighted by Crippen LogP contribution is -2.36. The van der Waals surface area contributed by atoms with Crippen LogP contribution in [0.4, 0.5) is 11.6 Å². The number of hydrogen-bond donors (Lipinski definition) is 2. The van der Waals surface area contributed by atoms with Crippen molar-refractivity contribution in [3.63, 3.8) is 0 Å². The van der Waals surface area contributed by atoms with Gasteiger partial charge in [-0.1, -0.05) is 31.4 Å². The fourth-order valence-electron chi connectivity index (χ4n) is 3.07. The third kappa shape index (κ3) is 4.94. The Kier molecular flexibility index (Phi) is 6.04. The molecule has 0 radical (unpaired) electrons. The molecule has 6 nitrogen and oxygen atoms in total. The molecule has 0 bridgehead atoms. The quantitative estimate of drug-likeness (QED) is 0.818. The molecule has 0 spiro atoms. The van der Waals surface area contributed by atoms with Gasteiger partial charge in [0, 0.05) is 18.4 Å². The molecular formula is C20H26N4O2. The average molecular weight is 354 g/mol. The van der Waals surface area contributed by atoms with Crippen LogP contribution in [-0.4, -0.2) is 28.0 Å². The van der Waals surface area contributed by atoms with Gasteiger partial charge in [-0.05, 0) is 38.8 Å². The summed E-state index contributed by atoms with van der Waals surface area (Å²) in [5.41, 5.74) is 1.27. The van der Waals surface area contributed by atoms with Crippen LogP contribution in [0.1, 0.15) is 56.3 Å². The van der Waals surface area contributed by atoms with E-state index in [9.17, 15) is 4.79 Å². The number of anilines is 2. The maximum atomic E-state index is 12.3. The number of carbonyl (C=O) groups excluding carboxylic acids is 1. The molecule has 1 heterocycles. The van der Waals surface area contributed by atoms with Crippen molar-refractivity contribution in [3.05, 3.63) is 42.2 Å². The second kappa shape index (κ2) is 8.65. The summed E-state index contributed by atoms with van der Waals surface area (Å²) in [6, 6.07) is 7.91. The minimum Gasteiger partial charge on any atom is -0.489 e. The van der Waals surface area contributed by atoms with E-state index in [0.29, 0.717) is 11.5 Å². The number of aromatic nitrogens is 2. The summed E-state index contributed by atoms with van der Waals surface area (Å²) in [5, 5.41) is 6.22.